The van der Waals surface area contributed by atoms with E-state index in [1.54, 1.807) is 0 Å². The molecule has 1 saturated heterocycles. The highest BCUT2D eigenvalue weighted by Crippen LogP contribution is 2.26. The lowest BCUT2D eigenvalue weighted by Crippen LogP contribution is -2.23. The lowest BCUT2D eigenvalue weighted by Gasteiger charge is -2.22. The predicted molar refractivity (Wildman–Crippen MR) is 80.4 cm³/mol. The van der Waals surface area contributed by atoms with Gasteiger partial charge in [0.2, 0.25) is 0 Å². The van der Waals surface area contributed by atoms with Crippen LogP contribution in [0.4, 0.5) is 0 Å². The van der Waals surface area contributed by atoms with Gasteiger partial charge in [-0.2, -0.15) is 0 Å². The molecule has 1 fully saturated rings. The first-order valence-corrected chi connectivity index (χ1v) is 7.78. The van der Waals surface area contributed by atoms with E-state index in [2.05, 4.69) is 43.4 Å². The molecule has 1 aromatic rings. The highest BCUT2D eigenvalue weighted by molar-refractivity contribution is 5.30. The third kappa shape index (κ3) is 4.05. The fourth-order valence-electron chi connectivity index (χ4n) is 3.03. The molecule has 0 bridgehead atoms. The van der Waals surface area contributed by atoms with E-state index in [0.29, 0.717) is 12.1 Å². The monoisotopic (exact) mass is 261 g/mol. The molecule has 2 heteroatoms. The van der Waals surface area contributed by atoms with Gasteiger partial charge >= 0.3 is 0 Å². The van der Waals surface area contributed by atoms with E-state index in [1.165, 1.54) is 36.8 Å². The summed E-state index contributed by atoms with van der Waals surface area (Å²) in [6.45, 7) is 6.41. The summed E-state index contributed by atoms with van der Waals surface area (Å²) in [7, 11) is 0. The second-order valence-corrected chi connectivity index (χ2v) is 5.38. The summed E-state index contributed by atoms with van der Waals surface area (Å²) in [5.41, 5.74) is 2.95. The minimum absolute atomic E-state index is 0.477. The van der Waals surface area contributed by atoms with Crippen LogP contribution in [0.25, 0.3) is 0 Å². The zero-order valence-electron chi connectivity index (χ0n) is 12.3. The van der Waals surface area contributed by atoms with Crippen LogP contribution in [-0.2, 0) is 11.2 Å². The van der Waals surface area contributed by atoms with E-state index in [4.69, 9.17) is 4.74 Å². The first-order valence-electron chi connectivity index (χ1n) is 7.78. The van der Waals surface area contributed by atoms with Gasteiger partial charge in [-0.1, -0.05) is 38.1 Å². The van der Waals surface area contributed by atoms with Crippen molar-refractivity contribution in [2.75, 3.05) is 13.2 Å². The Morgan fingerprint density at radius 1 is 1.32 bits per heavy atom. The number of hydrogen-bond acceptors (Lipinski definition) is 2. The largest absolute Gasteiger partial charge is 0.378 e. The van der Waals surface area contributed by atoms with Crippen molar-refractivity contribution in [1.82, 2.24) is 5.32 Å². The maximum Gasteiger partial charge on any atom is 0.0576 e. The molecule has 2 unspecified atom stereocenters. The van der Waals surface area contributed by atoms with Crippen LogP contribution >= 0.6 is 0 Å². The summed E-state index contributed by atoms with van der Waals surface area (Å²) in [6, 6.07) is 9.31. The minimum Gasteiger partial charge on any atom is -0.378 e. The van der Waals surface area contributed by atoms with Crippen molar-refractivity contribution in [1.29, 1.82) is 0 Å². The predicted octanol–water partition coefficient (Wildman–Crippen LogP) is 3.86. The van der Waals surface area contributed by atoms with Gasteiger partial charge in [0.05, 0.1) is 6.10 Å². The molecule has 106 valence electrons. The van der Waals surface area contributed by atoms with Gasteiger partial charge < -0.3 is 10.1 Å². The summed E-state index contributed by atoms with van der Waals surface area (Å²) < 4.78 is 5.75. The number of rotatable bonds is 7. The number of nitrogens with one attached hydrogen (secondary N) is 1. The van der Waals surface area contributed by atoms with Crippen LogP contribution in [0.2, 0.25) is 0 Å². The third-order valence-electron chi connectivity index (χ3n) is 4.06. The molecule has 1 N–H and O–H groups in total. The Kier molecular flexibility index (Phi) is 5.87. The Morgan fingerprint density at radius 3 is 2.84 bits per heavy atom. The number of ether oxygens (including phenoxy) is 1. The molecular weight excluding hydrogens is 234 g/mol. The van der Waals surface area contributed by atoms with Crippen molar-refractivity contribution in [2.45, 2.75) is 58.1 Å². The van der Waals surface area contributed by atoms with Gasteiger partial charge in [0.15, 0.2) is 0 Å². The molecule has 2 nitrogen and oxygen atoms in total. The van der Waals surface area contributed by atoms with Crippen LogP contribution in [0.15, 0.2) is 24.3 Å². The van der Waals surface area contributed by atoms with Gasteiger partial charge in [-0.15, -0.1) is 0 Å². The Morgan fingerprint density at radius 2 is 2.16 bits per heavy atom. The molecule has 2 rings (SSSR count). The van der Waals surface area contributed by atoms with E-state index in [-0.39, 0.29) is 0 Å². The van der Waals surface area contributed by atoms with Gasteiger partial charge in [-0.05, 0) is 49.8 Å². The molecule has 0 saturated carbocycles. The van der Waals surface area contributed by atoms with Crippen LogP contribution in [0.1, 0.15) is 56.7 Å². The molecule has 1 aromatic carbocycles. The first-order chi connectivity index (χ1) is 9.35. The van der Waals surface area contributed by atoms with Crippen LogP contribution in [0.3, 0.4) is 0 Å². The van der Waals surface area contributed by atoms with Gasteiger partial charge in [-0.25, -0.2) is 0 Å². The van der Waals surface area contributed by atoms with Gasteiger partial charge in [0, 0.05) is 12.6 Å². The quantitative estimate of drug-likeness (QED) is 0.804. The topological polar surface area (TPSA) is 21.3 Å². The lowest BCUT2D eigenvalue weighted by atomic mass is 9.94. The summed E-state index contributed by atoms with van der Waals surface area (Å²) in [5.74, 6) is 0. The van der Waals surface area contributed by atoms with Crippen LogP contribution in [0.5, 0.6) is 0 Å². The molecule has 0 spiro atoms. The minimum atomic E-state index is 0.477. The number of aryl methyl sites for hydroxylation is 1. The van der Waals surface area contributed by atoms with Crippen molar-refractivity contribution in [3.8, 4) is 0 Å². The molecule has 1 aliphatic rings. The van der Waals surface area contributed by atoms with Gasteiger partial charge in [0.25, 0.3) is 0 Å². The maximum absolute atomic E-state index is 5.75. The summed E-state index contributed by atoms with van der Waals surface area (Å²) in [5, 5.41) is 3.64. The van der Waals surface area contributed by atoms with Gasteiger partial charge in [0.1, 0.15) is 0 Å². The van der Waals surface area contributed by atoms with Crippen LogP contribution in [-0.4, -0.2) is 19.3 Å². The highest BCUT2D eigenvalue weighted by atomic mass is 16.5. The zero-order chi connectivity index (χ0) is 13.5. The number of hydrogen-bond donors (Lipinski definition) is 1. The Bertz CT molecular complexity index is 371. The van der Waals surface area contributed by atoms with E-state index in [9.17, 15) is 0 Å². The van der Waals surface area contributed by atoms with Crippen molar-refractivity contribution >= 4 is 0 Å². The molecule has 0 radical (unpaired) electrons. The normalized spacial score (nSPS) is 20.6. The molecule has 0 aliphatic carbocycles. The summed E-state index contributed by atoms with van der Waals surface area (Å²) >= 11 is 0. The maximum atomic E-state index is 5.75. The molecule has 1 aliphatic heterocycles. The van der Waals surface area contributed by atoms with Crippen molar-refractivity contribution in [3.63, 3.8) is 0 Å². The first kappa shape index (κ1) is 14.5. The average molecular weight is 261 g/mol. The van der Waals surface area contributed by atoms with Crippen LogP contribution < -0.4 is 5.32 Å². The molecule has 19 heavy (non-hydrogen) atoms. The SMILES string of the molecule is CCNC(CCC1CCCO1)c1ccccc1CC. The molecule has 1 heterocycles. The fraction of sp³-hybridized carbons (Fsp3) is 0.647. The molecular formula is C17H27NO. The third-order valence-corrected chi connectivity index (χ3v) is 4.06. The van der Waals surface area contributed by atoms with E-state index >= 15 is 0 Å². The smallest absolute Gasteiger partial charge is 0.0576 e. The molecule has 0 amide bonds. The second-order valence-electron chi connectivity index (χ2n) is 5.38. The van der Waals surface area contributed by atoms with E-state index < -0.39 is 0 Å². The fourth-order valence-corrected chi connectivity index (χ4v) is 3.03. The van der Waals surface area contributed by atoms with E-state index in [0.717, 1.165) is 19.6 Å². The zero-order valence-corrected chi connectivity index (χ0v) is 12.3. The standard InChI is InChI=1S/C17H27NO/c1-3-14-8-5-6-10-16(14)17(18-4-2)12-11-15-9-7-13-19-15/h5-6,8,10,15,17-18H,3-4,7,9,11-13H2,1-2H3. The Balaban J connectivity index is 2.01. The second kappa shape index (κ2) is 7.66. The van der Waals surface area contributed by atoms with Crippen molar-refractivity contribution in [2.24, 2.45) is 0 Å². The van der Waals surface area contributed by atoms with Crippen LogP contribution in [0, 0.1) is 0 Å². The summed E-state index contributed by atoms with van der Waals surface area (Å²) in [6.07, 6.45) is 6.44. The van der Waals surface area contributed by atoms with Crippen molar-refractivity contribution < 1.29 is 4.74 Å². The lowest BCUT2D eigenvalue weighted by molar-refractivity contribution is 0.0996. The Hall–Kier alpha value is -0.860. The van der Waals surface area contributed by atoms with Gasteiger partial charge in [-0.3, -0.25) is 0 Å². The highest BCUT2D eigenvalue weighted by Gasteiger charge is 2.19. The molecule has 0 aromatic heterocycles. The summed E-state index contributed by atoms with van der Waals surface area (Å²) in [4.78, 5) is 0. The van der Waals surface area contributed by atoms with Crippen molar-refractivity contribution in [3.05, 3.63) is 35.4 Å². The molecule has 2 atom stereocenters. The van der Waals surface area contributed by atoms with E-state index in [1.807, 2.05) is 0 Å². The number of benzene rings is 1. The Labute approximate surface area is 117 Å². The average Bonchev–Trinajstić information content (AvgIpc) is 2.96.